The van der Waals surface area contributed by atoms with Crippen LogP contribution in [0.25, 0.3) is 11.2 Å². The van der Waals surface area contributed by atoms with Crippen molar-refractivity contribution < 1.29 is 32.9 Å². The zero-order chi connectivity index (χ0) is 42.5. The van der Waals surface area contributed by atoms with Crippen LogP contribution in [0, 0.1) is 5.92 Å². The van der Waals surface area contributed by atoms with E-state index in [0.717, 1.165) is 16.7 Å². The van der Waals surface area contributed by atoms with Gasteiger partial charge in [-0.2, -0.15) is 4.98 Å². The Bertz CT molecular complexity index is 2150. The molecule has 59 heavy (non-hydrogen) atoms. The smallest absolute Gasteiger partial charge is 0.280 e. The van der Waals surface area contributed by atoms with Gasteiger partial charge in [-0.1, -0.05) is 110 Å². The van der Waals surface area contributed by atoms with E-state index in [1.54, 1.807) is 32.6 Å². The third kappa shape index (κ3) is 8.73. The van der Waals surface area contributed by atoms with Gasteiger partial charge in [0.1, 0.15) is 22.7 Å². The average molecular weight is 826 g/mol. The summed E-state index contributed by atoms with van der Waals surface area (Å²) in [6, 6.07) is 25.9. The molecule has 1 amide bonds. The molecule has 1 fully saturated rings. The van der Waals surface area contributed by atoms with E-state index in [1.807, 2.05) is 66.7 Å². The minimum atomic E-state index is -2.45. The lowest BCUT2D eigenvalue weighted by molar-refractivity contribution is -0.258. The van der Waals surface area contributed by atoms with Gasteiger partial charge >= 0.3 is 0 Å². The van der Waals surface area contributed by atoms with Gasteiger partial charge in [0, 0.05) is 5.92 Å². The molecular formula is C45H59N5O8Si. The summed E-state index contributed by atoms with van der Waals surface area (Å²) in [5, 5.41) is 2.71. The highest BCUT2D eigenvalue weighted by Crippen LogP contribution is 2.46. The van der Waals surface area contributed by atoms with Crippen LogP contribution in [-0.2, 0) is 29.0 Å². The minimum absolute atomic E-state index is 0.0193. The molecule has 3 heterocycles. The molecule has 6 rings (SSSR count). The number of amides is 1. The van der Waals surface area contributed by atoms with Gasteiger partial charge < -0.3 is 28.1 Å². The lowest BCUT2D eigenvalue weighted by Gasteiger charge is -2.48. The molecule has 2 atom stereocenters. The van der Waals surface area contributed by atoms with Gasteiger partial charge in [-0.05, 0) is 57.6 Å². The first kappa shape index (κ1) is 43.7. The van der Waals surface area contributed by atoms with Crippen molar-refractivity contribution in [3.63, 3.8) is 0 Å². The first-order chi connectivity index (χ1) is 28.2. The number of aromatic nitrogens is 4. The van der Waals surface area contributed by atoms with Crippen molar-refractivity contribution in [2.75, 3.05) is 46.0 Å². The van der Waals surface area contributed by atoms with Crippen molar-refractivity contribution in [1.29, 1.82) is 0 Å². The molecule has 0 aliphatic carbocycles. The Kier molecular flexibility index (Phi) is 13.5. The van der Waals surface area contributed by atoms with E-state index in [-0.39, 0.29) is 55.4 Å². The maximum Gasteiger partial charge on any atom is 0.280 e. The number of rotatable bonds is 17. The number of ether oxygens (including phenoxy) is 5. The largest absolute Gasteiger partial charge is 0.497 e. The van der Waals surface area contributed by atoms with Crippen LogP contribution >= 0.6 is 0 Å². The number of nitrogens with zero attached hydrogens (tertiary/aromatic N) is 3. The van der Waals surface area contributed by atoms with E-state index in [2.05, 4.69) is 73.9 Å². The minimum Gasteiger partial charge on any atom is -0.497 e. The number of H-pyrrole nitrogens is 1. The predicted octanol–water partition coefficient (Wildman–Crippen LogP) is 8.22. The summed E-state index contributed by atoms with van der Waals surface area (Å²) < 4.78 is 41.4. The van der Waals surface area contributed by atoms with Crippen LogP contribution in [0.2, 0.25) is 16.6 Å². The maximum atomic E-state index is 13.2. The van der Waals surface area contributed by atoms with E-state index in [4.69, 9.17) is 28.1 Å². The number of hydrogen-bond donors (Lipinski definition) is 2. The monoisotopic (exact) mass is 825 g/mol. The first-order valence-electron chi connectivity index (χ1n) is 20.4. The van der Waals surface area contributed by atoms with Gasteiger partial charge in [0.2, 0.25) is 11.9 Å². The van der Waals surface area contributed by atoms with Crippen molar-refractivity contribution in [3.8, 4) is 11.5 Å². The number of hydrogen-bond acceptors (Lipinski definition) is 10. The Morgan fingerprint density at radius 2 is 1.42 bits per heavy atom. The third-order valence-electron chi connectivity index (χ3n) is 11.5. The second-order valence-corrected chi connectivity index (χ2v) is 22.0. The Hall–Kier alpha value is -4.86. The molecule has 0 radical (unpaired) electrons. The molecule has 1 aliphatic heterocycles. The highest BCUT2D eigenvalue weighted by Gasteiger charge is 2.50. The average Bonchev–Trinajstić information content (AvgIpc) is 3.66. The Balaban J connectivity index is 1.49. The van der Waals surface area contributed by atoms with Gasteiger partial charge in [0.25, 0.3) is 5.56 Å². The fourth-order valence-electron chi connectivity index (χ4n) is 8.56. The maximum absolute atomic E-state index is 13.2. The number of imidazole rings is 1. The summed E-state index contributed by atoms with van der Waals surface area (Å²) in [6.45, 7) is 17.5. The molecule has 5 aromatic rings. The van der Waals surface area contributed by atoms with Crippen LogP contribution in [0.4, 0.5) is 5.95 Å². The summed E-state index contributed by atoms with van der Waals surface area (Å²) in [7, 11) is 0.836. The van der Waals surface area contributed by atoms with E-state index in [9.17, 15) is 9.59 Å². The summed E-state index contributed by atoms with van der Waals surface area (Å²) in [5.41, 5.74) is 1.09. The number of carbonyl (C=O) groups is 1. The second kappa shape index (κ2) is 18.2. The summed E-state index contributed by atoms with van der Waals surface area (Å²) in [6.07, 6.45) is 0.732. The van der Waals surface area contributed by atoms with E-state index in [1.165, 1.54) is 6.33 Å². The molecule has 0 saturated carbocycles. The summed E-state index contributed by atoms with van der Waals surface area (Å²) >= 11 is 0. The van der Waals surface area contributed by atoms with E-state index >= 15 is 0 Å². The molecule has 0 unspecified atom stereocenters. The molecule has 2 aromatic heterocycles. The lowest BCUT2D eigenvalue weighted by atomic mass is 9.79. The normalized spacial score (nSPS) is 17.6. The van der Waals surface area contributed by atoms with Crippen LogP contribution < -0.4 is 20.3 Å². The standard InChI is InChI=1S/C45H59N5O8Si/c1-29(2)41(51)48-43-47-40-39(42(52)49-43)46-28-50(40)38-24-55-25-44(58-38,27-57-59(30(3)4,31(5)6)32(7)8)26-56-45(33-14-12-11-13-15-33,34-16-20-36(53-9)21-17-34)35-18-22-37(54-10)23-19-35/h11-23,28-32,38H,24-27H2,1-10H3,(H2,47,48,49,51,52)/t38-,44+/m1/s1. The van der Waals surface area contributed by atoms with E-state index < -0.39 is 31.3 Å². The number of benzene rings is 3. The summed E-state index contributed by atoms with van der Waals surface area (Å²) in [5.74, 6) is 0.838. The molecule has 1 aliphatic rings. The van der Waals surface area contributed by atoms with Crippen LogP contribution in [-0.4, -0.2) is 80.0 Å². The van der Waals surface area contributed by atoms with Crippen molar-refractivity contribution >= 4 is 31.3 Å². The quantitative estimate of drug-likeness (QED) is 0.0694. The van der Waals surface area contributed by atoms with Gasteiger partial charge in [0.15, 0.2) is 25.7 Å². The van der Waals surface area contributed by atoms with Crippen molar-refractivity contribution in [3.05, 3.63) is 112 Å². The molecule has 14 heteroatoms. The zero-order valence-electron chi connectivity index (χ0n) is 35.9. The highest BCUT2D eigenvalue weighted by atomic mass is 28.4. The summed E-state index contributed by atoms with van der Waals surface area (Å²) in [4.78, 5) is 37.5. The molecule has 0 bridgehead atoms. The van der Waals surface area contributed by atoms with Gasteiger partial charge in [0.05, 0.1) is 47.0 Å². The number of carbonyl (C=O) groups excluding carboxylic acids is 1. The predicted molar refractivity (Wildman–Crippen MR) is 231 cm³/mol. The Labute approximate surface area is 347 Å². The third-order valence-corrected chi connectivity index (χ3v) is 17.6. The van der Waals surface area contributed by atoms with E-state index in [0.29, 0.717) is 28.1 Å². The number of nitrogens with one attached hydrogen (secondary N) is 2. The molecule has 2 N–H and O–H groups in total. The topological polar surface area (TPSA) is 148 Å². The van der Waals surface area contributed by atoms with Gasteiger partial charge in [-0.15, -0.1) is 0 Å². The molecular weight excluding hydrogens is 767 g/mol. The van der Waals surface area contributed by atoms with Crippen molar-refractivity contribution in [1.82, 2.24) is 19.5 Å². The SMILES string of the molecule is COc1ccc(C(OC[C@]2(CO[Si](C(C)C)(C(C)C)C(C)C)COC[C@H](n3cnc4c(=O)[nH]c(NC(=O)C(C)C)nc43)O2)(c2ccccc2)c2ccc(OC)cc2)cc1. The molecule has 3 aromatic carbocycles. The Morgan fingerprint density at radius 3 is 1.95 bits per heavy atom. The van der Waals surface area contributed by atoms with Crippen molar-refractivity contribution in [2.45, 2.75) is 89.4 Å². The second-order valence-electron chi connectivity index (χ2n) is 16.6. The van der Waals surface area contributed by atoms with Gasteiger partial charge in [-0.3, -0.25) is 24.5 Å². The lowest BCUT2D eigenvalue weighted by Crippen LogP contribution is -2.58. The molecule has 1 saturated heterocycles. The first-order valence-corrected chi connectivity index (χ1v) is 22.5. The van der Waals surface area contributed by atoms with Gasteiger partial charge in [-0.25, -0.2) is 4.98 Å². The number of methoxy groups -OCH3 is 2. The van der Waals surface area contributed by atoms with Crippen LogP contribution in [0.3, 0.4) is 0 Å². The van der Waals surface area contributed by atoms with Crippen LogP contribution in [0.5, 0.6) is 11.5 Å². The molecule has 0 spiro atoms. The Morgan fingerprint density at radius 1 is 0.864 bits per heavy atom. The number of fused-ring (bicyclic) bond motifs is 1. The fourth-order valence-corrected chi connectivity index (χ4v) is 14.1. The van der Waals surface area contributed by atoms with Crippen LogP contribution in [0.1, 0.15) is 78.3 Å². The number of aromatic amines is 1. The highest BCUT2D eigenvalue weighted by molar-refractivity contribution is 6.77. The zero-order valence-corrected chi connectivity index (χ0v) is 36.9. The van der Waals surface area contributed by atoms with Crippen LogP contribution in [0.15, 0.2) is 90.0 Å². The fraction of sp³-hybridized carbons (Fsp3) is 0.467. The van der Waals surface area contributed by atoms with Crippen molar-refractivity contribution in [2.24, 2.45) is 5.92 Å². The molecule has 316 valence electrons. The number of anilines is 1. The molecule has 13 nitrogen and oxygen atoms in total.